The number of rotatable bonds is 8. The van der Waals surface area contributed by atoms with Crippen LogP contribution < -0.4 is 24.6 Å². The number of likely N-dealkylation sites (N-methyl/N-ethyl adjacent to an activating group) is 1. The summed E-state index contributed by atoms with van der Waals surface area (Å²) in [5, 5.41) is 2.38. The Morgan fingerprint density at radius 2 is 1.68 bits per heavy atom. The molecule has 4 heterocycles. The SMILES string of the molecule is COc1cc(F)c([C@@H]2CN(c3nccc(N4C[C@@H]5C[C@H]4CN5C)c3C(F)(F)F)C(=O)C2NC(=O)c2ccc(OC(F)F)cc2)c(F)c1. The monoisotopic (exact) mass is 667 g/mol. The number of carbonyl (C=O) groups excluding carboxylic acids is 2. The lowest BCUT2D eigenvalue weighted by molar-refractivity contribution is -0.137. The van der Waals surface area contributed by atoms with E-state index in [2.05, 4.69) is 19.9 Å². The number of pyridine rings is 1. The van der Waals surface area contributed by atoms with Gasteiger partial charge in [-0.3, -0.25) is 19.4 Å². The molecule has 2 bridgehead atoms. The maximum Gasteiger partial charge on any atom is 0.421 e. The van der Waals surface area contributed by atoms with Gasteiger partial charge >= 0.3 is 12.8 Å². The van der Waals surface area contributed by atoms with Crippen LogP contribution in [-0.2, 0) is 11.0 Å². The highest BCUT2D eigenvalue weighted by Gasteiger charge is 2.51. The first-order chi connectivity index (χ1) is 22.3. The first-order valence-corrected chi connectivity index (χ1v) is 14.5. The van der Waals surface area contributed by atoms with Gasteiger partial charge in [0.1, 0.15) is 40.6 Å². The van der Waals surface area contributed by atoms with Gasteiger partial charge in [0, 0.05) is 67.1 Å². The minimum Gasteiger partial charge on any atom is -0.497 e. The average molecular weight is 668 g/mol. The predicted octanol–water partition coefficient (Wildman–Crippen LogP) is 4.81. The van der Waals surface area contributed by atoms with Gasteiger partial charge in [-0.2, -0.15) is 22.0 Å². The summed E-state index contributed by atoms with van der Waals surface area (Å²) in [7, 11) is 3.07. The lowest BCUT2D eigenvalue weighted by Gasteiger charge is -2.35. The highest BCUT2D eigenvalue weighted by atomic mass is 19.4. The Bertz CT molecular complexity index is 1660. The van der Waals surface area contributed by atoms with Gasteiger partial charge in [-0.05, 0) is 43.8 Å². The van der Waals surface area contributed by atoms with E-state index in [9.17, 15) is 31.5 Å². The first kappa shape index (κ1) is 32.3. The fraction of sp³-hybridized carbons (Fsp3) is 0.387. The summed E-state index contributed by atoms with van der Waals surface area (Å²) in [6.45, 7) is -2.92. The van der Waals surface area contributed by atoms with Crippen LogP contribution in [0.15, 0.2) is 48.7 Å². The number of likely N-dealkylation sites (tertiary alicyclic amines) is 1. The summed E-state index contributed by atoms with van der Waals surface area (Å²) < 4.78 is 110. The summed E-state index contributed by atoms with van der Waals surface area (Å²) in [5.41, 5.74) is -2.15. The molecule has 9 nitrogen and oxygen atoms in total. The Hall–Kier alpha value is -4.60. The topological polar surface area (TPSA) is 87.2 Å². The van der Waals surface area contributed by atoms with E-state index in [1.165, 1.54) is 13.2 Å². The van der Waals surface area contributed by atoms with Crippen molar-refractivity contribution in [1.82, 2.24) is 15.2 Å². The van der Waals surface area contributed by atoms with Crippen LogP contribution in [0.4, 0.5) is 42.2 Å². The summed E-state index contributed by atoms with van der Waals surface area (Å²) in [6, 6.07) is 5.40. The molecule has 250 valence electrons. The molecule has 16 heteroatoms. The number of aromatic nitrogens is 1. The van der Waals surface area contributed by atoms with Crippen molar-refractivity contribution in [3.63, 3.8) is 0 Å². The molecule has 6 rings (SSSR count). The van der Waals surface area contributed by atoms with Crippen molar-refractivity contribution in [2.24, 2.45) is 0 Å². The minimum atomic E-state index is -4.98. The number of halogens is 7. The van der Waals surface area contributed by atoms with Crippen LogP contribution in [0.1, 0.15) is 33.8 Å². The minimum absolute atomic E-state index is 0.0483. The zero-order valence-electron chi connectivity index (χ0n) is 24.9. The van der Waals surface area contributed by atoms with Crippen molar-refractivity contribution in [3.8, 4) is 11.5 Å². The Morgan fingerprint density at radius 1 is 1.00 bits per heavy atom. The maximum atomic E-state index is 15.4. The number of hydrogen-bond donors (Lipinski definition) is 1. The van der Waals surface area contributed by atoms with E-state index in [1.807, 2.05) is 7.05 Å². The number of nitrogens with one attached hydrogen (secondary N) is 1. The fourth-order valence-electron chi connectivity index (χ4n) is 6.71. The first-order valence-electron chi connectivity index (χ1n) is 14.5. The molecule has 3 saturated heterocycles. The molecule has 3 fully saturated rings. The van der Waals surface area contributed by atoms with E-state index in [-0.39, 0.29) is 34.8 Å². The molecule has 47 heavy (non-hydrogen) atoms. The summed E-state index contributed by atoms with van der Waals surface area (Å²) in [5.74, 6) is -7.06. The van der Waals surface area contributed by atoms with Crippen molar-refractivity contribution in [2.75, 3.05) is 43.6 Å². The number of alkyl halides is 5. The summed E-state index contributed by atoms with van der Waals surface area (Å²) in [6.07, 6.45) is -3.18. The third-order valence-electron chi connectivity index (χ3n) is 8.87. The molecule has 0 spiro atoms. The number of anilines is 2. The van der Waals surface area contributed by atoms with Crippen LogP contribution in [0.3, 0.4) is 0 Å². The van der Waals surface area contributed by atoms with Crippen molar-refractivity contribution < 1.29 is 49.8 Å². The number of ether oxygens (including phenoxy) is 2. The van der Waals surface area contributed by atoms with E-state index < -0.39 is 71.7 Å². The molecule has 2 amide bonds. The lowest BCUT2D eigenvalue weighted by Crippen LogP contribution is -2.46. The number of hydrogen-bond acceptors (Lipinski definition) is 7. The Balaban J connectivity index is 1.40. The van der Waals surface area contributed by atoms with Crippen molar-refractivity contribution in [1.29, 1.82) is 0 Å². The normalized spacial score (nSPS) is 22.8. The second kappa shape index (κ2) is 12.2. The second-order valence-corrected chi connectivity index (χ2v) is 11.6. The quantitative estimate of drug-likeness (QED) is 0.346. The molecule has 1 N–H and O–H groups in total. The number of benzene rings is 2. The van der Waals surface area contributed by atoms with Crippen molar-refractivity contribution in [3.05, 3.63) is 77.0 Å². The van der Waals surface area contributed by atoms with Gasteiger partial charge in [-0.1, -0.05) is 0 Å². The molecule has 2 aromatic carbocycles. The zero-order chi connectivity index (χ0) is 33.8. The van der Waals surface area contributed by atoms with E-state index in [0.29, 0.717) is 24.4 Å². The van der Waals surface area contributed by atoms with Gasteiger partial charge in [0.15, 0.2) is 0 Å². The van der Waals surface area contributed by atoms with Crippen LogP contribution in [0.25, 0.3) is 0 Å². The van der Waals surface area contributed by atoms with E-state index >= 15 is 8.78 Å². The molecule has 4 atom stereocenters. The highest BCUT2D eigenvalue weighted by Crippen LogP contribution is 2.47. The van der Waals surface area contributed by atoms with Gasteiger partial charge in [0.05, 0.1) is 12.8 Å². The molecule has 3 aromatic rings. The molecule has 1 aromatic heterocycles. The van der Waals surface area contributed by atoms with Gasteiger partial charge in [0.25, 0.3) is 11.8 Å². The Kier molecular flexibility index (Phi) is 8.40. The van der Waals surface area contributed by atoms with Crippen molar-refractivity contribution in [2.45, 2.75) is 43.3 Å². The van der Waals surface area contributed by atoms with Gasteiger partial charge in [-0.25, -0.2) is 13.8 Å². The van der Waals surface area contributed by atoms with E-state index in [1.54, 1.807) is 4.90 Å². The smallest absolute Gasteiger partial charge is 0.421 e. The fourth-order valence-corrected chi connectivity index (χ4v) is 6.71. The van der Waals surface area contributed by atoms with Crippen LogP contribution in [0.5, 0.6) is 11.5 Å². The number of piperazine rings is 1. The van der Waals surface area contributed by atoms with Crippen LogP contribution >= 0.6 is 0 Å². The largest absolute Gasteiger partial charge is 0.497 e. The van der Waals surface area contributed by atoms with Gasteiger partial charge in [-0.15, -0.1) is 0 Å². The third-order valence-corrected chi connectivity index (χ3v) is 8.87. The Labute approximate surface area is 263 Å². The van der Waals surface area contributed by atoms with E-state index in [4.69, 9.17) is 4.74 Å². The predicted molar refractivity (Wildman–Crippen MR) is 154 cm³/mol. The Morgan fingerprint density at radius 3 is 2.23 bits per heavy atom. The molecule has 0 radical (unpaired) electrons. The molecule has 1 unspecified atom stereocenters. The number of methoxy groups -OCH3 is 1. The molecule has 0 aliphatic carbocycles. The summed E-state index contributed by atoms with van der Waals surface area (Å²) >= 11 is 0. The molecular formula is C31H28F7N5O4. The zero-order valence-corrected chi connectivity index (χ0v) is 24.9. The summed E-state index contributed by atoms with van der Waals surface area (Å²) in [4.78, 5) is 35.5. The van der Waals surface area contributed by atoms with Crippen molar-refractivity contribution >= 4 is 23.3 Å². The number of fused-ring (bicyclic) bond motifs is 2. The number of nitrogens with zero attached hydrogens (tertiary/aromatic N) is 4. The molecule has 0 saturated carbocycles. The average Bonchev–Trinajstić information content (AvgIpc) is 3.68. The van der Waals surface area contributed by atoms with Crippen LogP contribution in [0.2, 0.25) is 0 Å². The van der Waals surface area contributed by atoms with Gasteiger partial charge in [0.2, 0.25) is 0 Å². The molecule has 3 aliphatic heterocycles. The van der Waals surface area contributed by atoms with E-state index in [0.717, 1.165) is 42.6 Å². The lowest BCUT2D eigenvalue weighted by atomic mass is 9.92. The van der Waals surface area contributed by atoms with Gasteiger partial charge < -0.3 is 19.7 Å². The molecular weight excluding hydrogens is 639 g/mol. The standard InChI is InChI=1S/C31H28F7N5O4/c1-41-12-17-9-16(41)13-42(17)23-7-8-39-27(25(23)31(36,37)38)43-14-20(24-21(32)10-19(46-2)11-22(24)33)26(29(43)45)40-28(44)15-3-5-18(6-4-15)47-30(34)35/h3-8,10-11,16-17,20,26,30H,9,12-14H2,1-2H3,(H,40,44)/t16-,17-,20-,26?/m0/s1. The highest BCUT2D eigenvalue weighted by molar-refractivity contribution is 6.05. The number of carbonyl (C=O) groups is 2. The van der Waals surface area contributed by atoms with Crippen LogP contribution in [0, 0.1) is 11.6 Å². The third kappa shape index (κ3) is 6.01. The van der Waals surface area contributed by atoms with Crippen LogP contribution in [-0.4, -0.2) is 80.2 Å². The second-order valence-electron chi connectivity index (χ2n) is 11.6. The molecule has 3 aliphatic rings. The maximum absolute atomic E-state index is 15.4. The number of amides is 2.